The first-order valence-electron chi connectivity index (χ1n) is 5.50. The highest BCUT2D eigenvalue weighted by atomic mass is 14.9. The first kappa shape index (κ1) is 12.3. The molecule has 2 N–H and O–H groups in total. The molecule has 1 heterocycles. The van der Waals surface area contributed by atoms with E-state index < -0.39 is 0 Å². The van der Waals surface area contributed by atoms with Gasteiger partial charge in [0.1, 0.15) is 5.82 Å². The molecule has 0 atom stereocenters. The zero-order valence-corrected chi connectivity index (χ0v) is 10.1. The highest BCUT2D eigenvalue weighted by molar-refractivity contribution is 5.41. The maximum absolute atomic E-state index is 4.17. The van der Waals surface area contributed by atoms with Crippen molar-refractivity contribution >= 4 is 5.69 Å². The number of imidazole rings is 1. The number of aromatic nitrogens is 2. The molecule has 0 aliphatic rings. The minimum atomic E-state index is 0.994. The second kappa shape index (κ2) is 6.67. The van der Waals surface area contributed by atoms with Gasteiger partial charge in [-0.3, -0.25) is 0 Å². The Balaban J connectivity index is 0.000000160. The minimum absolute atomic E-state index is 0.994. The number of rotatable bonds is 2. The second-order valence-electron chi connectivity index (χ2n) is 3.46. The van der Waals surface area contributed by atoms with Crippen LogP contribution in [0, 0.1) is 6.92 Å². The topological polar surface area (TPSA) is 40.7 Å². The number of aromatic amines is 1. The molecule has 0 saturated heterocycles. The molecular weight excluding hydrogens is 198 g/mol. The smallest absolute Gasteiger partial charge is 0.106 e. The standard InChI is InChI=1S/C7H9N.C6H10N2/c1-8-7-5-3-2-4-6-7;1-3-6-7-4-5(2)8-6/h2-6,8H,1H3;4H,3H2,1-2H3,(H,7,8). The number of nitrogens with one attached hydrogen (secondary N) is 2. The van der Waals surface area contributed by atoms with E-state index in [0.717, 1.165) is 23.6 Å². The lowest BCUT2D eigenvalue weighted by molar-refractivity contribution is 0.982. The van der Waals surface area contributed by atoms with Crippen molar-refractivity contribution in [3.63, 3.8) is 0 Å². The Kier molecular flexibility index (Phi) is 5.12. The van der Waals surface area contributed by atoms with Crippen molar-refractivity contribution in [1.29, 1.82) is 0 Å². The maximum atomic E-state index is 4.17. The predicted molar refractivity (Wildman–Crippen MR) is 68.7 cm³/mol. The van der Waals surface area contributed by atoms with Crippen LogP contribution in [0.2, 0.25) is 0 Å². The number of anilines is 1. The van der Waals surface area contributed by atoms with Crippen molar-refractivity contribution in [2.45, 2.75) is 20.3 Å². The Bertz CT molecular complexity index is 393. The summed E-state index contributed by atoms with van der Waals surface area (Å²) in [5.74, 6) is 1.07. The van der Waals surface area contributed by atoms with Gasteiger partial charge in [0.05, 0.1) is 5.69 Å². The quantitative estimate of drug-likeness (QED) is 0.811. The van der Waals surface area contributed by atoms with Crippen LogP contribution in [0.1, 0.15) is 18.4 Å². The molecule has 2 rings (SSSR count). The van der Waals surface area contributed by atoms with E-state index >= 15 is 0 Å². The van der Waals surface area contributed by atoms with Gasteiger partial charge in [0.25, 0.3) is 0 Å². The Morgan fingerprint density at radius 1 is 1.25 bits per heavy atom. The van der Waals surface area contributed by atoms with E-state index in [4.69, 9.17) is 0 Å². The molecule has 0 aliphatic carbocycles. The molecule has 1 aromatic carbocycles. The van der Waals surface area contributed by atoms with Crippen molar-refractivity contribution in [1.82, 2.24) is 9.97 Å². The lowest BCUT2D eigenvalue weighted by Crippen LogP contribution is -1.84. The summed E-state index contributed by atoms with van der Waals surface area (Å²) in [4.78, 5) is 7.22. The summed E-state index contributed by atoms with van der Waals surface area (Å²) in [7, 11) is 1.91. The van der Waals surface area contributed by atoms with Crippen LogP contribution in [0.25, 0.3) is 0 Å². The van der Waals surface area contributed by atoms with E-state index in [-0.39, 0.29) is 0 Å². The van der Waals surface area contributed by atoms with Crippen LogP contribution in [0.3, 0.4) is 0 Å². The average Bonchev–Trinajstić information content (AvgIpc) is 2.77. The summed E-state index contributed by atoms with van der Waals surface area (Å²) in [6.07, 6.45) is 2.91. The van der Waals surface area contributed by atoms with E-state index in [1.807, 2.05) is 50.5 Å². The molecule has 0 spiro atoms. The van der Waals surface area contributed by atoms with Gasteiger partial charge in [0.15, 0.2) is 0 Å². The predicted octanol–water partition coefficient (Wildman–Crippen LogP) is 3.01. The number of aryl methyl sites for hydroxylation is 2. The number of benzene rings is 1. The van der Waals surface area contributed by atoms with Crippen LogP contribution in [0.5, 0.6) is 0 Å². The van der Waals surface area contributed by atoms with E-state index in [1.54, 1.807) is 0 Å². The number of H-pyrrole nitrogens is 1. The van der Waals surface area contributed by atoms with Crippen LogP contribution < -0.4 is 5.32 Å². The summed E-state index contributed by atoms with van der Waals surface area (Å²) in [5.41, 5.74) is 2.23. The van der Waals surface area contributed by atoms with Crippen LogP contribution >= 0.6 is 0 Å². The number of hydrogen-bond acceptors (Lipinski definition) is 2. The molecule has 3 heteroatoms. The lowest BCUT2D eigenvalue weighted by atomic mass is 10.3. The largest absolute Gasteiger partial charge is 0.388 e. The SMILES string of the molecule is CCc1nc(C)c[nH]1.CNc1ccccc1. The zero-order valence-electron chi connectivity index (χ0n) is 10.1. The third-order valence-corrected chi connectivity index (χ3v) is 2.16. The fourth-order valence-electron chi connectivity index (χ4n) is 1.25. The molecule has 0 amide bonds. The van der Waals surface area contributed by atoms with Crippen molar-refractivity contribution in [2.75, 3.05) is 12.4 Å². The van der Waals surface area contributed by atoms with Gasteiger partial charge in [-0.1, -0.05) is 25.1 Å². The normalized spacial score (nSPS) is 9.19. The monoisotopic (exact) mass is 217 g/mol. The summed E-state index contributed by atoms with van der Waals surface area (Å²) in [5, 5.41) is 3.03. The van der Waals surface area contributed by atoms with Crippen molar-refractivity contribution in [3.05, 3.63) is 48.0 Å². The number of hydrogen-bond donors (Lipinski definition) is 2. The van der Waals surface area contributed by atoms with E-state index in [2.05, 4.69) is 22.2 Å². The van der Waals surface area contributed by atoms with E-state index in [0.29, 0.717) is 0 Å². The average molecular weight is 217 g/mol. The van der Waals surface area contributed by atoms with Gasteiger partial charge in [-0.25, -0.2) is 4.98 Å². The Morgan fingerprint density at radius 2 is 1.94 bits per heavy atom. The molecule has 0 saturated carbocycles. The summed E-state index contributed by atoms with van der Waals surface area (Å²) < 4.78 is 0. The summed E-state index contributed by atoms with van der Waals surface area (Å²) >= 11 is 0. The van der Waals surface area contributed by atoms with Gasteiger partial charge < -0.3 is 10.3 Å². The Morgan fingerprint density at radius 3 is 2.25 bits per heavy atom. The van der Waals surface area contributed by atoms with Crippen molar-refractivity contribution < 1.29 is 0 Å². The van der Waals surface area contributed by atoms with Crippen LogP contribution in [-0.4, -0.2) is 17.0 Å². The minimum Gasteiger partial charge on any atom is -0.388 e. The molecule has 16 heavy (non-hydrogen) atoms. The van der Waals surface area contributed by atoms with Crippen LogP contribution in [0.15, 0.2) is 36.5 Å². The number of nitrogens with zero attached hydrogens (tertiary/aromatic N) is 1. The highest BCUT2D eigenvalue weighted by Gasteiger charge is 1.89. The molecule has 3 nitrogen and oxygen atoms in total. The Labute approximate surface area is 96.9 Å². The van der Waals surface area contributed by atoms with Crippen LogP contribution in [-0.2, 0) is 6.42 Å². The van der Waals surface area contributed by atoms with Gasteiger partial charge in [0.2, 0.25) is 0 Å². The van der Waals surface area contributed by atoms with E-state index in [9.17, 15) is 0 Å². The van der Waals surface area contributed by atoms with Crippen molar-refractivity contribution in [3.8, 4) is 0 Å². The molecule has 1 aromatic heterocycles. The molecule has 2 aromatic rings. The lowest BCUT2D eigenvalue weighted by Gasteiger charge is -1.94. The summed E-state index contributed by atoms with van der Waals surface area (Å²) in [6.45, 7) is 4.06. The highest BCUT2D eigenvalue weighted by Crippen LogP contribution is 2.01. The molecule has 0 bridgehead atoms. The summed E-state index contributed by atoms with van der Waals surface area (Å²) in [6, 6.07) is 10.1. The molecule has 0 aliphatic heterocycles. The van der Waals surface area contributed by atoms with E-state index in [1.165, 1.54) is 0 Å². The third kappa shape index (κ3) is 4.17. The number of para-hydroxylation sites is 1. The first-order valence-corrected chi connectivity index (χ1v) is 5.50. The fraction of sp³-hybridized carbons (Fsp3) is 0.308. The molecule has 0 unspecified atom stereocenters. The van der Waals surface area contributed by atoms with Gasteiger partial charge in [-0.05, 0) is 19.1 Å². The zero-order chi connectivity index (χ0) is 11.8. The van der Waals surface area contributed by atoms with Crippen LogP contribution in [0.4, 0.5) is 5.69 Å². The second-order valence-corrected chi connectivity index (χ2v) is 3.46. The van der Waals surface area contributed by atoms with Crippen molar-refractivity contribution in [2.24, 2.45) is 0 Å². The maximum Gasteiger partial charge on any atom is 0.106 e. The van der Waals surface area contributed by atoms with Gasteiger partial charge >= 0.3 is 0 Å². The van der Waals surface area contributed by atoms with Gasteiger partial charge in [0, 0.05) is 25.4 Å². The molecule has 86 valence electrons. The fourth-order valence-corrected chi connectivity index (χ4v) is 1.25. The first-order chi connectivity index (χ1) is 7.76. The third-order valence-electron chi connectivity index (χ3n) is 2.16. The Hall–Kier alpha value is -1.77. The van der Waals surface area contributed by atoms with Gasteiger partial charge in [-0.15, -0.1) is 0 Å². The van der Waals surface area contributed by atoms with Gasteiger partial charge in [-0.2, -0.15) is 0 Å². The molecule has 0 fully saturated rings. The molecule has 0 radical (unpaired) electrons. The molecular formula is C13H19N3.